The fraction of sp³-hybridized carbons (Fsp3) is 0.424. The van der Waals surface area contributed by atoms with Gasteiger partial charge >= 0.3 is 6.18 Å². The maximum Gasteiger partial charge on any atom is 0.417 e. The maximum absolute atomic E-state index is 13.9. The van der Waals surface area contributed by atoms with E-state index < -0.39 is 23.2 Å². The number of hydrogen-bond acceptors (Lipinski definition) is 6. The van der Waals surface area contributed by atoms with Crippen LogP contribution >= 0.6 is 11.6 Å². The van der Waals surface area contributed by atoms with Crippen LogP contribution in [-0.4, -0.2) is 73.1 Å². The summed E-state index contributed by atoms with van der Waals surface area (Å²) >= 11 is 5.84. The molecule has 0 radical (unpaired) electrons. The van der Waals surface area contributed by atoms with Gasteiger partial charge in [0.15, 0.2) is 0 Å². The summed E-state index contributed by atoms with van der Waals surface area (Å²) < 4.78 is 47.2. The largest absolute Gasteiger partial charge is 0.478 e. The van der Waals surface area contributed by atoms with Gasteiger partial charge in [-0.2, -0.15) is 13.2 Å². The smallest absolute Gasteiger partial charge is 0.417 e. The van der Waals surface area contributed by atoms with Gasteiger partial charge in [0.2, 0.25) is 5.88 Å². The number of nitrogens with zero attached hydrogens (tertiary/aromatic N) is 3. The second-order valence-electron chi connectivity index (χ2n) is 11.2. The molecule has 1 aromatic heterocycles. The van der Waals surface area contributed by atoms with Gasteiger partial charge in [0.05, 0.1) is 23.3 Å². The number of ether oxygens (including phenoxy) is 1. The van der Waals surface area contributed by atoms with E-state index in [1.165, 1.54) is 11.0 Å². The van der Waals surface area contributed by atoms with Crippen molar-refractivity contribution < 1.29 is 27.5 Å². The molecule has 0 spiro atoms. The average molecular weight is 644 g/mol. The van der Waals surface area contributed by atoms with Gasteiger partial charge in [-0.1, -0.05) is 24.6 Å². The SMILES string of the molecule is CCOc1ncccc1-c1ccc(N2CCN(C(=O)c3ccc(Cl)cc3C(F)(F)F)C[C@H]2CC)c(C(=O)N[C@@H]2CCCNC2)c1. The molecule has 0 unspecified atom stereocenters. The number of benzene rings is 2. The molecule has 8 nitrogen and oxygen atoms in total. The Morgan fingerprint density at radius 3 is 2.64 bits per heavy atom. The Labute approximate surface area is 265 Å². The summed E-state index contributed by atoms with van der Waals surface area (Å²) in [5.74, 6) is -0.448. The second-order valence-corrected chi connectivity index (χ2v) is 11.7. The first kappa shape index (κ1) is 32.6. The first-order valence-corrected chi connectivity index (χ1v) is 15.6. The summed E-state index contributed by atoms with van der Waals surface area (Å²) in [6.45, 7) is 6.58. The number of pyridine rings is 1. The van der Waals surface area contributed by atoms with Crippen molar-refractivity contribution in [3.8, 4) is 17.0 Å². The minimum absolute atomic E-state index is 0.0150. The number of halogens is 4. The molecule has 2 fully saturated rings. The van der Waals surface area contributed by atoms with Crippen LogP contribution < -0.4 is 20.3 Å². The van der Waals surface area contributed by atoms with Gasteiger partial charge in [-0.25, -0.2) is 4.98 Å². The third kappa shape index (κ3) is 7.36. The molecule has 2 aromatic carbocycles. The van der Waals surface area contributed by atoms with Gasteiger partial charge in [0, 0.05) is 60.7 Å². The van der Waals surface area contributed by atoms with Crippen molar-refractivity contribution >= 4 is 29.1 Å². The number of rotatable bonds is 8. The molecule has 45 heavy (non-hydrogen) atoms. The number of amides is 2. The quantitative estimate of drug-likeness (QED) is 0.311. The molecule has 240 valence electrons. The third-order valence-corrected chi connectivity index (χ3v) is 8.54. The minimum Gasteiger partial charge on any atom is -0.478 e. The molecule has 5 rings (SSSR count). The highest BCUT2D eigenvalue weighted by Crippen LogP contribution is 2.36. The lowest BCUT2D eigenvalue weighted by Gasteiger charge is -2.43. The Kier molecular flexibility index (Phi) is 10.2. The van der Waals surface area contributed by atoms with E-state index in [1.54, 1.807) is 6.20 Å². The average Bonchev–Trinajstić information content (AvgIpc) is 3.04. The van der Waals surface area contributed by atoms with E-state index in [0.717, 1.165) is 42.6 Å². The molecule has 2 saturated heterocycles. The highest BCUT2D eigenvalue weighted by molar-refractivity contribution is 6.30. The Hall–Kier alpha value is -3.83. The van der Waals surface area contributed by atoms with Crippen LogP contribution in [0.5, 0.6) is 5.88 Å². The Morgan fingerprint density at radius 1 is 1.11 bits per heavy atom. The van der Waals surface area contributed by atoms with Crippen LogP contribution in [0.1, 0.15) is 59.4 Å². The first-order chi connectivity index (χ1) is 21.6. The molecule has 2 aliphatic rings. The van der Waals surface area contributed by atoms with E-state index in [4.69, 9.17) is 16.3 Å². The zero-order valence-corrected chi connectivity index (χ0v) is 26.0. The molecule has 12 heteroatoms. The van der Waals surface area contributed by atoms with Crippen molar-refractivity contribution in [2.45, 2.75) is 51.4 Å². The predicted octanol–water partition coefficient (Wildman–Crippen LogP) is 6.04. The van der Waals surface area contributed by atoms with E-state index in [2.05, 4.69) is 20.5 Å². The molecule has 2 atom stereocenters. The topological polar surface area (TPSA) is 86.8 Å². The van der Waals surface area contributed by atoms with Gasteiger partial charge < -0.3 is 25.2 Å². The molecule has 3 heterocycles. The zero-order valence-electron chi connectivity index (χ0n) is 25.3. The molecule has 2 amide bonds. The number of carbonyl (C=O) groups excluding carboxylic acids is 2. The summed E-state index contributed by atoms with van der Waals surface area (Å²) in [6.07, 6.45) is -0.642. The van der Waals surface area contributed by atoms with Crippen molar-refractivity contribution in [3.63, 3.8) is 0 Å². The number of piperazine rings is 1. The Balaban J connectivity index is 1.46. The number of piperidine rings is 1. The predicted molar refractivity (Wildman–Crippen MR) is 168 cm³/mol. The van der Waals surface area contributed by atoms with E-state index in [1.807, 2.05) is 44.2 Å². The van der Waals surface area contributed by atoms with Crippen molar-refractivity contribution in [1.82, 2.24) is 20.5 Å². The van der Waals surface area contributed by atoms with Gasteiger partial charge in [0.1, 0.15) is 0 Å². The third-order valence-electron chi connectivity index (χ3n) is 8.30. The summed E-state index contributed by atoms with van der Waals surface area (Å²) in [4.78, 5) is 35.2. The Morgan fingerprint density at radius 2 is 1.93 bits per heavy atom. The molecular formula is C33H37ClF3N5O3. The van der Waals surface area contributed by atoms with E-state index in [9.17, 15) is 22.8 Å². The summed E-state index contributed by atoms with van der Waals surface area (Å²) in [6, 6.07) is 12.3. The van der Waals surface area contributed by atoms with Gasteiger partial charge in [-0.3, -0.25) is 9.59 Å². The van der Waals surface area contributed by atoms with Gasteiger partial charge in [0.25, 0.3) is 11.8 Å². The number of carbonyl (C=O) groups is 2. The number of anilines is 1. The van der Waals surface area contributed by atoms with E-state index in [-0.39, 0.29) is 36.1 Å². The Bertz CT molecular complexity index is 1530. The summed E-state index contributed by atoms with van der Waals surface area (Å²) in [5, 5.41) is 6.42. The van der Waals surface area contributed by atoms with Crippen LogP contribution in [0.15, 0.2) is 54.7 Å². The molecule has 2 aliphatic heterocycles. The van der Waals surface area contributed by atoms with Crippen LogP contribution in [0.3, 0.4) is 0 Å². The van der Waals surface area contributed by atoms with Crippen molar-refractivity contribution in [2.24, 2.45) is 0 Å². The van der Waals surface area contributed by atoms with Crippen LogP contribution in [-0.2, 0) is 6.18 Å². The minimum atomic E-state index is -4.73. The lowest BCUT2D eigenvalue weighted by Crippen LogP contribution is -2.55. The summed E-state index contributed by atoms with van der Waals surface area (Å²) in [7, 11) is 0. The number of alkyl halides is 3. The molecule has 3 aromatic rings. The highest BCUT2D eigenvalue weighted by Gasteiger charge is 2.38. The first-order valence-electron chi connectivity index (χ1n) is 15.3. The van der Waals surface area contributed by atoms with Gasteiger partial charge in [-0.05, 0) is 80.8 Å². The number of hydrogen-bond donors (Lipinski definition) is 2. The fourth-order valence-corrected chi connectivity index (χ4v) is 6.22. The van der Waals surface area contributed by atoms with Crippen molar-refractivity contribution in [1.29, 1.82) is 0 Å². The van der Waals surface area contributed by atoms with Crippen LogP contribution in [0, 0.1) is 0 Å². The van der Waals surface area contributed by atoms with Crippen LogP contribution in [0.25, 0.3) is 11.1 Å². The molecular weight excluding hydrogens is 607 g/mol. The lowest BCUT2D eigenvalue weighted by atomic mass is 9.98. The summed E-state index contributed by atoms with van der Waals surface area (Å²) in [5.41, 5.74) is 1.21. The second kappa shape index (κ2) is 14.1. The molecule has 0 saturated carbocycles. The molecule has 0 bridgehead atoms. The molecule has 0 aliphatic carbocycles. The monoisotopic (exact) mass is 643 g/mol. The van der Waals surface area contributed by atoms with Gasteiger partial charge in [-0.15, -0.1) is 0 Å². The standard InChI is InChI=1S/C33H37ClF3N5O3/c1-3-24-20-41(32(44)26-11-10-22(34)18-28(26)33(35,36)37)15-16-42(24)29-12-9-21(25-8-6-14-39-31(25)45-4-2)17-27(29)30(43)40-23-7-5-13-38-19-23/h6,8-12,14,17-18,23-24,38H,3-5,7,13,15-16,19-20H2,1-2H3,(H,40,43)/t23-,24-/m1/s1. The van der Waals surface area contributed by atoms with E-state index >= 15 is 0 Å². The van der Waals surface area contributed by atoms with Crippen molar-refractivity contribution in [3.05, 3.63) is 76.4 Å². The number of aromatic nitrogens is 1. The number of nitrogens with one attached hydrogen (secondary N) is 2. The van der Waals surface area contributed by atoms with Crippen LogP contribution in [0.2, 0.25) is 5.02 Å². The zero-order chi connectivity index (χ0) is 32.1. The van der Waals surface area contributed by atoms with E-state index in [0.29, 0.717) is 43.2 Å². The van der Waals surface area contributed by atoms with Crippen LogP contribution in [0.4, 0.5) is 18.9 Å². The fourth-order valence-electron chi connectivity index (χ4n) is 6.05. The highest BCUT2D eigenvalue weighted by atomic mass is 35.5. The normalized spacial score (nSPS) is 18.9. The maximum atomic E-state index is 13.9. The van der Waals surface area contributed by atoms with Crippen molar-refractivity contribution in [2.75, 3.05) is 44.2 Å². The lowest BCUT2D eigenvalue weighted by molar-refractivity contribution is -0.138. The molecule has 2 N–H and O–H groups in total.